The first-order chi connectivity index (χ1) is 7.68. The van der Waals surface area contributed by atoms with Crippen molar-refractivity contribution in [3.63, 3.8) is 0 Å². The predicted molar refractivity (Wildman–Crippen MR) is 61.4 cm³/mol. The van der Waals surface area contributed by atoms with Gasteiger partial charge in [-0.25, -0.2) is 4.98 Å². The van der Waals surface area contributed by atoms with E-state index < -0.39 is 0 Å². The van der Waals surface area contributed by atoms with Crippen LogP contribution in [-0.4, -0.2) is 23.6 Å². The predicted octanol–water partition coefficient (Wildman–Crippen LogP) is 2.10. The van der Waals surface area contributed by atoms with Crippen molar-refractivity contribution in [1.82, 2.24) is 4.98 Å². The van der Waals surface area contributed by atoms with E-state index in [1.165, 1.54) is 0 Å². The van der Waals surface area contributed by atoms with Crippen LogP contribution in [0.3, 0.4) is 0 Å². The van der Waals surface area contributed by atoms with Crippen molar-refractivity contribution in [1.29, 1.82) is 0 Å². The Hall–Kier alpha value is -1.13. The van der Waals surface area contributed by atoms with E-state index in [-0.39, 0.29) is 17.9 Å². The molecule has 1 aliphatic rings. The Morgan fingerprint density at radius 1 is 1.69 bits per heavy atom. The van der Waals surface area contributed by atoms with Crippen molar-refractivity contribution in [2.45, 2.75) is 19.4 Å². The molecule has 16 heavy (non-hydrogen) atoms. The molecule has 1 aromatic heterocycles. The van der Waals surface area contributed by atoms with Crippen LogP contribution in [-0.2, 0) is 9.53 Å². The topological polar surface area (TPSA) is 51.2 Å². The minimum absolute atomic E-state index is 0.0320. The van der Waals surface area contributed by atoms with Gasteiger partial charge in [0, 0.05) is 12.8 Å². The van der Waals surface area contributed by atoms with Gasteiger partial charge in [-0.1, -0.05) is 11.6 Å². The van der Waals surface area contributed by atoms with Gasteiger partial charge in [0.25, 0.3) is 0 Å². The van der Waals surface area contributed by atoms with Gasteiger partial charge in [0.05, 0.1) is 17.7 Å². The number of aromatic nitrogens is 1. The third-order valence-electron chi connectivity index (χ3n) is 2.73. The van der Waals surface area contributed by atoms with Crippen molar-refractivity contribution >= 4 is 23.2 Å². The Kier molecular flexibility index (Phi) is 3.41. The van der Waals surface area contributed by atoms with Crippen LogP contribution in [0.4, 0.5) is 5.69 Å². The molecule has 5 heteroatoms. The van der Waals surface area contributed by atoms with Gasteiger partial charge in [-0.2, -0.15) is 0 Å². The van der Waals surface area contributed by atoms with E-state index >= 15 is 0 Å². The molecule has 2 unspecified atom stereocenters. The van der Waals surface area contributed by atoms with E-state index in [1.807, 2.05) is 6.92 Å². The Labute approximate surface area is 99.0 Å². The molecule has 86 valence electrons. The maximum Gasteiger partial charge on any atom is 0.230 e. The monoisotopic (exact) mass is 240 g/mol. The highest BCUT2D eigenvalue weighted by Crippen LogP contribution is 2.24. The highest BCUT2D eigenvalue weighted by atomic mass is 35.5. The molecule has 0 saturated carbocycles. The number of halogens is 1. The molecule has 1 fully saturated rings. The lowest BCUT2D eigenvalue weighted by Gasteiger charge is -2.14. The lowest BCUT2D eigenvalue weighted by molar-refractivity contribution is -0.121. The maximum absolute atomic E-state index is 11.9. The number of amides is 1. The van der Waals surface area contributed by atoms with Crippen molar-refractivity contribution in [2.24, 2.45) is 5.92 Å². The van der Waals surface area contributed by atoms with Crippen LogP contribution in [0.15, 0.2) is 18.3 Å². The molecule has 0 bridgehead atoms. The van der Waals surface area contributed by atoms with Crippen molar-refractivity contribution in [3.05, 3.63) is 23.5 Å². The fourth-order valence-electron chi connectivity index (χ4n) is 1.78. The molecule has 4 nitrogen and oxygen atoms in total. The van der Waals surface area contributed by atoms with Gasteiger partial charge >= 0.3 is 0 Å². The van der Waals surface area contributed by atoms with Gasteiger partial charge in [0.1, 0.15) is 0 Å². The summed E-state index contributed by atoms with van der Waals surface area (Å²) in [6.45, 7) is 2.54. The van der Waals surface area contributed by atoms with Crippen molar-refractivity contribution in [2.75, 3.05) is 11.9 Å². The van der Waals surface area contributed by atoms with Crippen LogP contribution in [0.5, 0.6) is 0 Å². The second kappa shape index (κ2) is 4.80. The van der Waals surface area contributed by atoms with Crippen molar-refractivity contribution < 1.29 is 9.53 Å². The molecule has 0 aliphatic carbocycles. The van der Waals surface area contributed by atoms with E-state index in [2.05, 4.69) is 10.3 Å². The maximum atomic E-state index is 11.9. The second-order valence-corrected chi connectivity index (χ2v) is 4.16. The summed E-state index contributed by atoms with van der Waals surface area (Å²) in [7, 11) is 0. The Morgan fingerprint density at radius 3 is 3.12 bits per heavy atom. The van der Waals surface area contributed by atoms with Crippen molar-refractivity contribution in [3.8, 4) is 0 Å². The highest BCUT2D eigenvalue weighted by Gasteiger charge is 2.30. The molecular formula is C11H13ClN2O2. The average molecular weight is 241 g/mol. The summed E-state index contributed by atoms with van der Waals surface area (Å²) in [5.74, 6) is -0.156. The lowest BCUT2D eigenvalue weighted by atomic mass is 10.0. The molecule has 1 amide bonds. The number of anilines is 1. The largest absolute Gasteiger partial charge is 0.378 e. The molecule has 1 saturated heterocycles. The van der Waals surface area contributed by atoms with E-state index in [0.29, 0.717) is 17.4 Å². The summed E-state index contributed by atoms with van der Waals surface area (Å²) in [6.07, 6.45) is 2.31. The van der Waals surface area contributed by atoms with E-state index in [9.17, 15) is 4.79 Å². The number of carbonyl (C=O) groups excluding carboxylic acids is 1. The van der Waals surface area contributed by atoms with Gasteiger partial charge in [-0.05, 0) is 25.5 Å². The normalized spacial score (nSPS) is 24.4. The molecule has 0 spiro atoms. The van der Waals surface area contributed by atoms with Gasteiger partial charge in [-0.15, -0.1) is 0 Å². The Balaban J connectivity index is 2.05. The van der Waals surface area contributed by atoms with Crippen LogP contribution in [0.1, 0.15) is 13.3 Å². The smallest absolute Gasteiger partial charge is 0.230 e. The molecule has 2 atom stereocenters. The Morgan fingerprint density at radius 2 is 2.50 bits per heavy atom. The first kappa shape index (κ1) is 11.4. The zero-order valence-corrected chi connectivity index (χ0v) is 9.70. The first-order valence-electron chi connectivity index (χ1n) is 5.21. The molecule has 1 aliphatic heterocycles. The summed E-state index contributed by atoms with van der Waals surface area (Å²) in [6, 6.07) is 3.46. The minimum Gasteiger partial charge on any atom is -0.378 e. The molecule has 1 N–H and O–H groups in total. The number of hydrogen-bond donors (Lipinski definition) is 1. The molecule has 2 rings (SSSR count). The van der Waals surface area contributed by atoms with Crippen LogP contribution in [0, 0.1) is 5.92 Å². The fraction of sp³-hybridized carbons (Fsp3) is 0.455. The van der Waals surface area contributed by atoms with Gasteiger partial charge in [0.15, 0.2) is 5.15 Å². The second-order valence-electron chi connectivity index (χ2n) is 3.80. The van der Waals surface area contributed by atoms with Crippen LogP contribution in [0.25, 0.3) is 0 Å². The van der Waals surface area contributed by atoms with Gasteiger partial charge < -0.3 is 10.1 Å². The fourth-order valence-corrected chi connectivity index (χ4v) is 1.95. The summed E-state index contributed by atoms with van der Waals surface area (Å²) in [5.41, 5.74) is 0.549. The quantitative estimate of drug-likeness (QED) is 0.806. The van der Waals surface area contributed by atoms with Crippen LogP contribution < -0.4 is 5.32 Å². The summed E-state index contributed by atoms with van der Waals surface area (Å²) >= 11 is 5.85. The number of hydrogen-bond acceptors (Lipinski definition) is 3. The highest BCUT2D eigenvalue weighted by molar-refractivity contribution is 6.32. The molecule has 1 aromatic rings. The standard InChI is InChI=1S/C11H13ClN2O2/c1-7-8(4-6-16-7)11(15)14-9-3-2-5-13-10(9)12/h2-3,5,7-8H,4,6H2,1H3,(H,14,15). The summed E-state index contributed by atoms with van der Waals surface area (Å²) in [4.78, 5) is 15.8. The van der Waals surface area contributed by atoms with Gasteiger partial charge in [-0.3, -0.25) is 4.79 Å². The molecule has 0 radical (unpaired) electrons. The average Bonchev–Trinajstić information content (AvgIpc) is 2.68. The lowest BCUT2D eigenvalue weighted by Crippen LogP contribution is -2.27. The number of rotatable bonds is 2. The number of pyridine rings is 1. The zero-order chi connectivity index (χ0) is 11.5. The third kappa shape index (κ3) is 2.33. The third-order valence-corrected chi connectivity index (χ3v) is 3.03. The molecule has 2 heterocycles. The number of nitrogens with zero attached hydrogens (tertiary/aromatic N) is 1. The first-order valence-corrected chi connectivity index (χ1v) is 5.59. The number of ether oxygens (including phenoxy) is 1. The van der Waals surface area contributed by atoms with Crippen LogP contribution >= 0.6 is 11.6 Å². The minimum atomic E-state index is -0.101. The SMILES string of the molecule is CC1OCCC1C(=O)Nc1cccnc1Cl. The van der Waals surface area contributed by atoms with Gasteiger partial charge in [0.2, 0.25) is 5.91 Å². The Bertz CT molecular complexity index is 397. The number of carbonyl (C=O) groups is 1. The summed E-state index contributed by atoms with van der Waals surface area (Å²) < 4.78 is 5.35. The zero-order valence-electron chi connectivity index (χ0n) is 8.94. The van der Waals surface area contributed by atoms with E-state index in [4.69, 9.17) is 16.3 Å². The van der Waals surface area contributed by atoms with Crippen LogP contribution in [0.2, 0.25) is 5.15 Å². The van der Waals surface area contributed by atoms with E-state index in [0.717, 1.165) is 6.42 Å². The summed E-state index contributed by atoms with van der Waals surface area (Å²) in [5, 5.41) is 3.08. The molecular weight excluding hydrogens is 228 g/mol. The molecule has 0 aromatic carbocycles. The number of nitrogens with one attached hydrogen (secondary N) is 1. The van der Waals surface area contributed by atoms with E-state index in [1.54, 1.807) is 18.3 Å².